The summed E-state index contributed by atoms with van der Waals surface area (Å²) in [6.45, 7) is 0. The standard InChI is InChI=1S/C15H21Cl2NO2S.C4H4O4/c1-18(2)14(10-21(3,19)20)15(7-4-8-15)11-5-6-12(16)13(17)9-11;5-3(6)1-2-4(7)8/h5-6,9,14H,4,7-8,10H2,1-3H3;1-2H,(H,5,6)(H,7,8). The molecule has 0 bridgehead atoms. The van der Waals surface area contributed by atoms with Crippen molar-refractivity contribution >= 4 is 45.0 Å². The number of carboxylic acid groups (broad SMARTS) is 2. The fourth-order valence-electron chi connectivity index (χ4n) is 3.41. The summed E-state index contributed by atoms with van der Waals surface area (Å²) in [5.74, 6) is -2.36. The lowest BCUT2D eigenvalue weighted by molar-refractivity contribution is -0.134. The molecule has 0 spiro atoms. The molecule has 2 rings (SSSR count). The summed E-state index contributed by atoms with van der Waals surface area (Å²) in [5, 5.41) is 16.7. The molecule has 7 nitrogen and oxygen atoms in total. The first-order valence-corrected chi connectivity index (χ1v) is 11.5. The molecule has 0 amide bonds. The Labute approximate surface area is 180 Å². The van der Waals surface area contributed by atoms with Crippen LogP contribution in [0.4, 0.5) is 0 Å². The van der Waals surface area contributed by atoms with E-state index in [0.717, 1.165) is 24.8 Å². The first-order chi connectivity index (χ1) is 13.3. The molecule has 1 unspecified atom stereocenters. The van der Waals surface area contributed by atoms with Gasteiger partial charge in [-0.25, -0.2) is 18.0 Å². The predicted molar refractivity (Wildman–Crippen MR) is 114 cm³/mol. The van der Waals surface area contributed by atoms with E-state index < -0.39 is 21.8 Å². The van der Waals surface area contributed by atoms with Crippen molar-refractivity contribution in [3.05, 3.63) is 46.0 Å². The second-order valence-corrected chi connectivity index (χ2v) is 10.2. The van der Waals surface area contributed by atoms with Gasteiger partial charge in [0, 0.05) is 29.9 Å². The Balaban J connectivity index is 0.000000447. The lowest BCUT2D eigenvalue weighted by atomic mass is 9.60. The SMILES string of the molecule is CN(C)C(CS(C)(=O)=O)C1(c2ccc(Cl)c(Cl)c2)CCC1.O=C(O)C=CC(=O)O. The van der Waals surface area contributed by atoms with Gasteiger partial charge in [-0.1, -0.05) is 35.7 Å². The minimum atomic E-state index is -3.05. The number of likely N-dealkylation sites (N-methyl/N-ethyl adjacent to an activating group) is 1. The van der Waals surface area contributed by atoms with Crippen LogP contribution in [0.5, 0.6) is 0 Å². The zero-order valence-electron chi connectivity index (χ0n) is 16.4. The Hall–Kier alpha value is -1.61. The van der Waals surface area contributed by atoms with Gasteiger partial charge in [0.05, 0.1) is 15.8 Å². The fourth-order valence-corrected chi connectivity index (χ4v) is 4.90. The highest BCUT2D eigenvalue weighted by atomic mass is 35.5. The van der Waals surface area contributed by atoms with Crippen molar-refractivity contribution in [3.8, 4) is 0 Å². The number of halogens is 2. The molecule has 1 fully saturated rings. The minimum Gasteiger partial charge on any atom is -0.478 e. The maximum absolute atomic E-state index is 11.8. The summed E-state index contributed by atoms with van der Waals surface area (Å²) >= 11 is 12.2. The molecule has 1 aliphatic carbocycles. The largest absolute Gasteiger partial charge is 0.478 e. The Morgan fingerprint density at radius 3 is 1.97 bits per heavy atom. The maximum atomic E-state index is 11.8. The van der Waals surface area contributed by atoms with Crippen molar-refractivity contribution in [2.24, 2.45) is 0 Å². The first kappa shape index (κ1) is 25.4. The van der Waals surface area contributed by atoms with Crippen LogP contribution in [-0.2, 0) is 24.8 Å². The van der Waals surface area contributed by atoms with Crippen LogP contribution in [0.25, 0.3) is 0 Å². The van der Waals surface area contributed by atoms with E-state index in [0.29, 0.717) is 22.2 Å². The monoisotopic (exact) mass is 465 g/mol. The summed E-state index contributed by atoms with van der Waals surface area (Å²) in [7, 11) is 0.821. The number of benzene rings is 1. The molecule has 0 radical (unpaired) electrons. The molecule has 0 saturated heterocycles. The third kappa shape index (κ3) is 7.62. The van der Waals surface area contributed by atoms with Crippen molar-refractivity contribution in [3.63, 3.8) is 0 Å². The molecule has 1 aromatic rings. The van der Waals surface area contributed by atoms with E-state index in [4.69, 9.17) is 33.4 Å². The zero-order valence-corrected chi connectivity index (χ0v) is 18.8. The van der Waals surface area contributed by atoms with E-state index in [1.807, 2.05) is 31.1 Å². The van der Waals surface area contributed by atoms with Crippen LogP contribution in [0.1, 0.15) is 24.8 Å². The van der Waals surface area contributed by atoms with Crippen LogP contribution in [-0.4, -0.2) is 67.6 Å². The molecule has 162 valence electrons. The molecule has 0 heterocycles. The van der Waals surface area contributed by atoms with Crippen LogP contribution in [0.3, 0.4) is 0 Å². The summed E-state index contributed by atoms with van der Waals surface area (Å²) in [6, 6.07) is 5.61. The van der Waals surface area contributed by atoms with Gasteiger partial charge in [0.25, 0.3) is 0 Å². The second-order valence-electron chi connectivity index (χ2n) is 7.22. The van der Waals surface area contributed by atoms with Gasteiger partial charge >= 0.3 is 11.9 Å². The van der Waals surface area contributed by atoms with E-state index in [9.17, 15) is 18.0 Å². The van der Waals surface area contributed by atoms with E-state index in [-0.39, 0.29) is 17.2 Å². The average molecular weight is 466 g/mol. The Kier molecular flexibility index (Phi) is 9.14. The van der Waals surface area contributed by atoms with Crippen LogP contribution in [0.2, 0.25) is 10.0 Å². The van der Waals surface area contributed by atoms with Gasteiger partial charge in [-0.15, -0.1) is 0 Å². The predicted octanol–water partition coefficient (Wildman–Crippen LogP) is 3.10. The Morgan fingerprint density at radius 1 is 1.14 bits per heavy atom. The van der Waals surface area contributed by atoms with E-state index in [1.54, 1.807) is 6.07 Å². The highest BCUT2D eigenvalue weighted by molar-refractivity contribution is 7.90. The van der Waals surface area contributed by atoms with Crippen molar-refractivity contribution in [2.45, 2.75) is 30.7 Å². The molecule has 1 saturated carbocycles. The number of nitrogens with zero attached hydrogens (tertiary/aromatic N) is 1. The van der Waals surface area contributed by atoms with Gasteiger partial charge in [0.1, 0.15) is 9.84 Å². The summed E-state index contributed by atoms with van der Waals surface area (Å²) < 4.78 is 23.6. The third-order valence-electron chi connectivity index (χ3n) is 4.83. The molecule has 29 heavy (non-hydrogen) atoms. The minimum absolute atomic E-state index is 0.0570. The Bertz CT molecular complexity index is 863. The number of aliphatic carboxylic acids is 2. The van der Waals surface area contributed by atoms with Gasteiger partial charge in [-0.05, 0) is 44.6 Å². The van der Waals surface area contributed by atoms with Gasteiger partial charge < -0.3 is 15.1 Å². The molecular weight excluding hydrogens is 441 g/mol. The van der Waals surface area contributed by atoms with E-state index >= 15 is 0 Å². The molecule has 2 N–H and O–H groups in total. The molecule has 0 aromatic heterocycles. The molecule has 1 aliphatic rings. The van der Waals surface area contributed by atoms with Gasteiger partial charge in [-0.2, -0.15) is 0 Å². The highest BCUT2D eigenvalue weighted by Gasteiger charge is 2.47. The lowest BCUT2D eigenvalue weighted by Gasteiger charge is -2.50. The number of sulfone groups is 1. The number of carbonyl (C=O) groups is 2. The van der Waals surface area contributed by atoms with Crippen LogP contribution in [0.15, 0.2) is 30.4 Å². The lowest BCUT2D eigenvalue weighted by Crippen LogP contribution is -2.55. The maximum Gasteiger partial charge on any atom is 0.328 e. The molecule has 1 atom stereocenters. The number of carboxylic acids is 2. The number of hydrogen-bond acceptors (Lipinski definition) is 5. The Morgan fingerprint density at radius 2 is 1.66 bits per heavy atom. The van der Waals surface area contributed by atoms with Gasteiger partial charge in [0.2, 0.25) is 0 Å². The molecule has 1 aromatic carbocycles. The van der Waals surface area contributed by atoms with Crippen molar-refractivity contribution in [1.82, 2.24) is 4.90 Å². The quantitative estimate of drug-likeness (QED) is 0.594. The van der Waals surface area contributed by atoms with Crippen LogP contribution in [0, 0.1) is 0 Å². The van der Waals surface area contributed by atoms with Gasteiger partial charge in [0.15, 0.2) is 0 Å². The van der Waals surface area contributed by atoms with Crippen LogP contribution < -0.4 is 0 Å². The number of hydrogen-bond donors (Lipinski definition) is 2. The van der Waals surface area contributed by atoms with Crippen molar-refractivity contribution in [2.75, 3.05) is 26.1 Å². The van der Waals surface area contributed by atoms with E-state index in [1.165, 1.54) is 6.26 Å². The third-order valence-corrected chi connectivity index (χ3v) is 6.49. The fraction of sp³-hybridized carbons (Fsp3) is 0.474. The van der Waals surface area contributed by atoms with Crippen LogP contribution >= 0.6 is 23.2 Å². The highest BCUT2D eigenvalue weighted by Crippen LogP contribution is 2.49. The molecule has 10 heteroatoms. The van der Waals surface area contributed by atoms with Crippen molar-refractivity contribution < 1.29 is 28.2 Å². The molecular formula is C19H25Cl2NO6S. The smallest absolute Gasteiger partial charge is 0.328 e. The topological polar surface area (TPSA) is 112 Å². The molecule has 0 aliphatic heterocycles. The summed E-state index contributed by atoms with van der Waals surface area (Å²) in [4.78, 5) is 21.1. The summed E-state index contributed by atoms with van der Waals surface area (Å²) in [6.07, 6.45) is 5.47. The van der Waals surface area contributed by atoms with Gasteiger partial charge in [-0.3, -0.25) is 0 Å². The normalized spacial score (nSPS) is 16.6. The second kappa shape index (κ2) is 10.4. The van der Waals surface area contributed by atoms with Crippen molar-refractivity contribution in [1.29, 1.82) is 0 Å². The zero-order chi connectivity index (χ0) is 22.4. The summed E-state index contributed by atoms with van der Waals surface area (Å²) in [5.41, 5.74) is 0.936. The average Bonchev–Trinajstić information content (AvgIpc) is 2.53. The number of rotatable bonds is 7. The first-order valence-electron chi connectivity index (χ1n) is 8.72. The van der Waals surface area contributed by atoms with E-state index in [2.05, 4.69) is 0 Å².